The molecule has 2 aromatic carbocycles. The molecule has 2 aromatic heterocycles. The molecule has 0 aliphatic rings. The fourth-order valence-corrected chi connectivity index (χ4v) is 2.98. The van der Waals surface area contributed by atoms with Crippen LogP contribution in [0.25, 0.3) is 22.3 Å². The summed E-state index contributed by atoms with van der Waals surface area (Å²) in [5, 5.41) is 4.49. The minimum absolute atomic E-state index is 0.113. The van der Waals surface area contributed by atoms with E-state index in [9.17, 15) is 9.59 Å². The molecule has 0 radical (unpaired) electrons. The second-order valence-electron chi connectivity index (χ2n) is 6.25. The van der Waals surface area contributed by atoms with Crippen LogP contribution in [0.5, 0.6) is 11.5 Å². The number of pyridine rings is 1. The van der Waals surface area contributed by atoms with Gasteiger partial charge in [0.1, 0.15) is 0 Å². The van der Waals surface area contributed by atoms with Gasteiger partial charge in [-0.05, 0) is 24.3 Å². The van der Waals surface area contributed by atoms with Gasteiger partial charge in [0.05, 0.1) is 19.8 Å². The van der Waals surface area contributed by atoms with Crippen LogP contribution in [-0.2, 0) is 11.3 Å². The second kappa shape index (κ2) is 8.08. The van der Waals surface area contributed by atoms with Crippen LogP contribution >= 0.6 is 0 Å². The van der Waals surface area contributed by atoms with Gasteiger partial charge in [-0.3, -0.25) is 4.79 Å². The number of fused-ring (bicyclic) bond motifs is 1. The van der Waals surface area contributed by atoms with Gasteiger partial charge in [0, 0.05) is 22.5 Å². The number of rotatable bonds is 6. The Bertz CT molecular complexity index is 1280. The lowest BCUT2D eigenvalue weighted by atomic mass is 10.1. The van der Waals surface area contributed by atoms with E-state index >= 15 is 0 Å². The van der Waals surface area contributed by atoms with Crippen LogP contribution in [0.3, 0.4) is 0 Å². The summed E-state index contributed by atoms with van der Waals surface area (Å²) in [6, 6.07) is 13.4. The average Bonchev–Trinajstić information content (AvgIpc) is 3.25. The number of nitrogens with one attached hydrogen (secondary N) is 1. The van der Waals surface area contributed by atoms with Gasteiger partial charge >= 0.3 is 5.97 Å². The fourth-order valence-electron chi connectivity index (χ4n) is 2.98. The molecule has 0 aliphatic heterocycles. The van der Waals surface area contributed by atoms with Crippen LogP contribution < -0.4 is 15.0 Å². The van der Waals surface area contributed by atoms with E-state index in [2.05, 4.69) is 15.1 Å². The molecule has 0 saturated heterocycles. The van der Waals surface area contributed by atoms with Crippen molar-refractivity contribution in [1.29, 1.82) is 0 Å². The number of para-hydroxylation sites is 1. The molecule has 0 bridgehead atoms. The van der Waals surface area contributed by atoms with E-state index in [4.69, 9.17) is 18.7 Å². The summed E-state index contributed by atoms with van der Waals surface area (Å²) >= 11 is 0. The SMILES string of the molecule is COc1ccc(-c2noc(COC(=O)c3cc(=O)[nH]c4ccccc34)n2)cc1OC. The van der Waals surface area contributed by atoms with Crippen molar-refractivity contribution in [2.75, 3.05) is 14.2 Å². The number of carbonyl (C=O) groups excluding carboxylic acids is 1. The first-order valence-electron chi connectivity index (χ1n) is 8.93. The Balaban J connectivity index is 1.52. The zero-order chi connectivity index (χ0) is 21.1. The number of carbonyl (C=O) groups is 1. The van der Waals surface area contributed by atoms with Crippen LogP contribution in [0.2, 0.25) is 0 Å². The Hall–Kier alpha value is -4.14. The van der Waals surface area contributed by atoms with Crippen molar-refractivity contribution in [3.8, 4) is 22.9 Å². The minimum atomic E-state index is -0.664. The fraction of sp³-hybridized carbons (Fsp3) is 0.143. The number of esters is 1. The Morgan fingerprint density at radius 3 is 2.67 bits per heavy atom. The summed E-state index contributed by atoms with van der Waals surface area (Å²) in [6.45, 7) is -0.236. The average molecular weight is 407 g/mol. The van der Waals surface area contributed by atoms with Gasteiger partial charge in [-0.15, -0.1) is 0 Å². The number of ether oxygens (including phenoxy) is 3. The van der Waals surface area contributed by atoms with Crippen LogP contribution in [0.4, 0.5) is 0 Å². The third kappa shape index (κ3) is 3.72. The topological polar surface area (TPSA) is 117 Å². The van der Waals surface area contributed by atoms with Crippen LogP contribution in [-0.4, -0.2) is 35.3 Å². The highest BCUT2D eigenvalue weighted by molar-refractivity contribution is 6.03. The first-order chi connectivity index (χ1) is 14.6. The molecule has 9 heteroatoms. The molecule has 0 saturated carbocycles. The Morgan fingerprint density at radius 2 is 1.87 bits per heavy atom. The van der Waals surface area contributed by atoms with Crippen LogP contribution in [0, 0.1) is 0 Å². The van der Waals surface area contributed by atoms with Crippen molar-refractivity contribution in [1.82, 2.24) is 15.1 Å². The molecule has 2 heterocycles. The molecule has 9 nitrogen and oxygen atoms in total. The molecule has 4 rings (SSSR count). The summed E-state index contributed by atoms with van der Waals surface area (Å²) in [4.78, 5) is 31.2. The maximum Gasteiger partial charge on any atom is 0.339 e. The lowest BCUT2D eigenvalue weighted by molar-refractivity contribution is 0.0432. The number of hydrogen-bond acceptors (Lipinski definition) is 8. The summed E-state index contributed by atoms with van der Waals surface area (Å²) in [5.41, 5.74) is 0.961. The largest absolute Gasteiger partial charge is 0.493 e. The van der Waals surface area contributed by atoms with Gasteiger partial charge in [0.15, 0.2) is 18.1 Å². The highest BCUT2D eigenvalue weighted by Gasteiger charge is 2.16. The van der Waals surface area contributed by atoms with Crippen molar-refractivity contribution >= 4 is 16.9 Å². The van der Waals surface area contributed by atoms with E-state index in [1.165, 1.54) is 13.2 Å². The number of methoxy groups -OCH3 is 2. The van der Waals surface area contributed by atoms with E-state index in [0.29, 0.717) is 33.8 Å². The maximum absolute atomic E-state index is 12.5. The van der Waals surface area contributed by atoms with Gasteiger partial charge in [0.25, 0.3) is 5.89 Å². The molecular weight excluding hydrogens is 390 g/mol. The highest BCUT2D eigenvalue weighted by Crippen LogP contribution is 2.31. The molecule has 152 valence electrons. The van der Waals surface area contributed by atoms with Crippen molar-refractivity contribution in [3.63, 3.8) is 0 Å². The Morgan fingerprint density at radius 1 is 1.07 bits per heavy atom. The maximum atomic E-state index is 12.5. The van der Waals surface area contributed by atoms with Gasteiger partial charge < -0.3 is 23.7 Å². The molecule has 0 spiro atoms. The molecule has 30 heavy (non-hydrogen) atoms. The molecule has 0 fully saturated rings. The minimum Gasteiger partial charge on any atom is -0.493 e. The quantitative estimate of drug-likeness (QED) is 0.485. The van der Waals surface area contributed by atoms with Crippen molar-refractivity contribution < 1.29 is 23.5 Å². The summed E-state index contributed by atoms with van der Waals surface area (Å²) in [6.07, 6.45) is 0. The predicted octanol–water partition coefficient (Wildman–Crippen LogP) is 2.95. The lowest BCUT2D eigenvalue weighted by Gasteiger charge is -2.07. The monoisotopic (exact) mass is 407 g/mol. The normalized spacial score (nSPS) is 10.7. The number of benzene rings is 2. The number of aromatic amines is 1. The number of aromatic nitrogens is 3. The van der Waals surface area contributed by atoms with Gasteiger partial charge in [-0.1, -0.05) is 23.4 Å². The first kappa shape index (κ1) is 19.2. The van der Waals surface area contributed by atoms with Gasteiger partial charge in [0.2, 0.25) is 11.4 Å². The standard InChI is InChI=1S/C21H17N3O6/c1-27-16-8-7-12(9-17(16)28-2)20-23-19(30-24-20)11-29-21(26)14-10-18(25)22-15-6-4-3-5-13(14)15/h3-10H,11H2,1-2H3,(H,22,25). The smallest absolute Gasteiger partial charge is 0.339 e. The Labute approximate surface area is 170 Å². The van der Waals surface area contributed by atoms with Crippen LogP contribution in [0.1, 0.15) is 16.2 Å². The molecular formula is C21H17N3O6. The van der Waals surface area contributed by atoms with E-state index in [1.54, 1.807) is 49.6 Å². The van der Waals surface area contributed by atoms with E-state index < -0.39 is 11.5 Å². The third-order valence-corrected chi connectivity index (χ3v) is 4.41. The van der Waals surface area contributed by atoms with Gasteiger partial charge in [-0.25, -0.2) is 4.79 Å². The molecule has 1 N–H and O–H groups in total. The molecule has 0 atom stereocenters. The molecule has 4 aromatic rings. The lowest BCUT2D eigenvalue weighted by Crippen LogP contribution is -2.13. The van der Waals surface area contributed by atoms with E-state index in [1.807, 2.05) is 0 Å². The van der Waals surface area contributed by atoms with Crippen molar-refractivity contribution in [2.24, 2.45) is 0 Å². The van der Waals surface area contributed by atoms with Gasteiger partial charge in [-0.2, -0.15) is 4.98 Å². The molecule has 0 unspecified atom stereocenters. The number of hydrogen-bond donors (Lipinski definition) is 1. The zero-order valence-corrected chi connectivity index (χ0v) is 16.2. The molecule has 0 aliphatic carbocycles. The number of nitrogens with zero attached hydrogens (tertiary/aromatic N) is 2. The van der Waals surface area contributed by atoms with E-state index in [0.717, 1.165) is 0 Å². The first-order valence-corrected chi connectivity index (χ1v) is 8.93. The highest BCUT2D eigenvalue weighted by atomic mass is 16.6. The van der Waals surface area contributed by atoms with E-state index in [-0.39, 0.29) is 18.1 Å². The summed E-state index contributed by atoms with van der Waals surface area (Å²) in [7, 11) is 3.07. The van der Waals surface area contributed by atoms with Crippen molar-refractivity contribution in [3.05, 3.63) is 70.3 Å². The third-order valence-electron chi connectivity index (χ3n) is 4.41. The van der Waals surface area contributed by atoms with Crippen LogP contribution in [0.15, 0.2) is 57.8 Å². The number of H-pyrrole nitrogens is 1. The second-order valence-corrected chi connectivity index (χ2v) is 6.25. The summed E-state index contributed by atoms with van der Waals surface area (Å²) in [5.74, 6) is 0.854. The summed E-state index contributed by atoms with van der Waals surface area (Å²) < 4.78 is 20.9. The Kier molecular flexibility index (Phi) is 5.17. The predicted molar refractivity (Wildman–Crippen MR) is 107 cm³/mol. The van der Waals surface area contributed by atoms with Crippen molar-refractivity contribution in [2.45, 2.75) is 6.61 Å². The molecule has 0 amide bonds. The zero-order valence-electron chi connectivity index (χ0n) is 16.2.